The molecule has 2 atom stereocenters. The minimum atomic E-state index is 0.0572. The van der Waals surface area contributed by atoms with Crippen molar-refractivity contribution in [2.45, 2.75) is 31.8 Å². The van der Waals surface area contributed by atoms with Crippen molar-refractivity contribution in [3.8, 4) is 5.75 Å². The molecule has 0 aromatic heterocycles. The third-order valence-electron chi connectivity index (χ3n) is 3.53. The highest BCUT2D eigenvalue weighted by Crippen LogP contribution is 2.32. The van der Waals surface area contributed by atoms with Gasteiger partial charge in [-0.25, -0.2) is 0 Å². The topological polar surface area (TPSA) is 38.5 Å². The van der Waals surface area contributed by atoms with Crippen LogP contribution in [0.3, 0.4) is 0 Å². The second-order valence-electron chi connectivity index (χ2n) is 4.78. The number of hydrogen-bond acceptors (Lipinski definition) is 3. The maximum atomic E-state index is 6.34. The summed E-state index contributed by atoms with van der Waals surface area (Å²) < 4.78 is 5.79. The van der Waals surface area contributed by atoms with E-state index in [9.17, 15) is 0 Å². The van der Waals surface area contributed by atoms with E-state index in [1.165, 1.54) is 12.8 Å². The molecular weight excluding hydrogens is 212 g/mol. The maximum Gasteiger partial charge on any atom is 0.124 e. The first-order chi connectivity index (χ1) is 8.24. The first-order valence-corrected chi connectivity index (χ1v) is 6.41. The summed E-state index contributed by atoms with van der Waals surface area (Å²) in [6.45, 7) is 3.99. The molecule has 0 saturated carbocycles. The third kappa shape index (κ3) is 2.61. The van der Waals surface area contributed by atoms with Gasteiger partial charge in [0.15, 0.2) is 0 Å². The molecule has 1 heterocycles. The van der Waals surface area contributed by atoms with E-state index in [0.717, 1.165) is 17.9 Å². The Morgan fingerprint density at radius 3 is 2.94 bits per heavy atom. The number of benzene rings is 1. The summed E-state index contributed by atoms with van der Waals surface area (Å²) in [7, 11) is 2.14. The fourth-order valence-electron chi connectivity index (χ4n) is 2.35. The second kappa shape index (κ2) is 5.52. The molecule has 94 valence electrons. The molecule has 2 N–H and O–H groups in total. The first kappa shape index (κ1) is 12.4. The van der Waals surface area contributed by atoms with E-state index >= 15 is 0 Å². The van der Waals surface area contributed by atoms with Crippen LogP contribution in [-0.2, 0) is 0 Å². The summed E-state index contributed by atoms with van der Waals surface area (Å²) >= 11 is 0. The Morgan fingerprint density at radius 2 is 2.18 bits per heavy atom. The van der Waals surface area contributed by atoms with Crippen molar-refractivity contribution in [1.82, 2.24) is 4.90 Å². The summed E-state index contributed by atoms with van der Waals surface area (Å²) in [6, 6.07) is 8.43. The van der Waals surface area contributed by atoms with Crippen LogP contribution in [0.25, 0.3) is 0 Å². The van der Waals surface area contributed by atoms with Gasteiger partial charge in [-0.1, -0.05) is 31.5 Å². The predicted molar refractivity (Wildman–Crippen MR) is 70.2 cm³/mol. The quantitative estimate of drug-likeness (QED) is 0.868. The lowest BCUT2D eigenvalue weighted by Crippen LogP contribution is -2.47. The molecule has 0 bridgehead atoms. The second-order valence-corrected chi connectivity index (χ2v) is 4.78. The molecule has 1 aliphatic rings. The SMILES string of the molecule is CCCCN(C)C1COc2ccccc2C1N. The molecule has 2 rings (SSSR count). The number of nitrogens with two attached hydrogens (primary N) is 1. The van der Waals surface area contributed by atoms with Crippen molar-refractivity contribution in [2.24, 2.45) is 5.73 Å². The highest BCUT2D eigenvalue weighted by molar-refractivity contribution is 5.38. The van der Waals surface area contributed by atoms with Crippen LogP contribution >= 0.6 is 0 Å². The van der Waals surface area contributed by atoms with Crippen LogP contribution in [0.1, 0.15) is 31.4 Å². The van der Waals surface area contributed by atoms with Crippen molar-refractivity contribution in [3.05, 3.63) is 29.8 Å². The number of hydrogen-bond donors (Lipinski definition) is 1. The van der Waals surface area contributed by atoms with E-state index in [-0.39, 0.29) is 12.1 Å². The number of para-hydroxylation sites is 1. The van der Waals surface area contributed by atoms with Gasteiger partial charge < -0.3 is 10.5 Å². The minimum Gasteiger partial charge on any atom is -0.492 e. The average molecular weight is 234 g/mol. The lowest BCUT2D eigenvalue weighted by Gasteiger charge is -2.37. The molecule has 0 saturated heterocycles. The number of ether oxygens (including phenoxy) is 1. The van der Waals surface area contributed by atoms with Crippen LogP contribution in [-0.4, -0.2) is 31.1 Å². The third-order valence-corrected chi connectivity index (χ3v) is 3.53. The summed E-state index contributed by atoms with van der Waals surface area (Å²) in [4.78, 5) is 2.32. The molecule has 0 amide bonds. The highest BCUT2D eigenvalue weighted by atomic mass is 16.5. The van der Waals surface area contributed by atoms with Gasteiger partial charge >= 0.3 is 0 Å². The molecule has 3 heteroatoms. The van der Waals surface area contributed by atoms with Crippen LogP contribution in [0.4, 0.5) is 0 Å². The zero-order valence-electron chi connectivity index (χ0n) is 10.7. The van der Waals surface area contributed by atoms with Gasteiger partial charge in [0.05, 0.1) is 12.1 Å². The van der Waals surface area contributed by atoms with E-state index in [4.69, 9.17) is 10.5 Å². The molecule has 0 fully saturated rings. The van der Waals surface area contributed by atoms with Gasteiger partial charge in [-0.15, -0.1) is 0 Å². The van der Waals surface area contributed by atoms with Crippen LogP contribution < -0.4 is 10.5 Å². The number of nitrogens with zero attached hydrogens (tertiary/aromatic N) is 1. The molecular formula is C14H22N2O. The van der Waals surface area contributed by atoms with E-state index < -0.39 is 0 Å². The predicted octanol–water partition coefficient (Wildman–Crippen LogP) is 2.18. The van der Waals surface area contributed by atoms with Crippen molar-refractivity contribution in [3.63, 3.8) is 0 Å². The number of fused-ring (bicyclic) bond motifs is 1. The number of rotatable bonds is 4. The fraction of sp³-hybridized carbons (Fsp3) is 0.571. The van der Waals surface area contributed by atoms with Crippen molar-refractivity contribution >= 4 is 0 Å². The van der Waals surface area contributed by atoms with E-state index in [1.807, 2.05) is 18.2 Å². The molecule has 1 aromatic rings. The van der Waals surface area contributed by atoms with Gasteiger partial charge in [-0.2, -0.15) is 0 Å². The van der Waals surface area contributed by atoms with Crippen LogP contribution in [0.5, 0.6) is 5.75 Å². The Bertz CT molecular complexity index is 367. The van der Waals surface area contributed by atoms with Gasteiger partial charge in [-0.05, 0) is 26.1 Å². The molecule has 17 heavy (non-hydrogen) atoms. The number of likely N-dealkylation sites (N-methyl/N-ethyl adjacent to an activating group) is 1. The summed E-state index contributed by atoms with van der Waals surface area (Å²) in [5.41, 5.74) is 7.47. The zero-order chi connectivity index (χ0) is 12.3. The Morgan fingerprint density at radius 1 is 1.41 bits per heavy atom. The summed E-state index contributed by atoms with van der Waals surface area (Å²) in [5.74, 6) is 0.945. The molecule has 3 nitrogen and oxygen atoms in total. The van der Waals surface area contributed by atoms with Crippen LogP contribution in [0, 0.1) is 0 Å². The molecule has 0 radical (unpaired) electrons. The van der Waals surface area contributed by atoms with E-state index in [0.29, 0.717) is 6.61 Å². The average Bonchev–Trinajstić information content (AvgIpc) is 2.37. The Kier molecular flexibility index (Phi) is 4.02. The lowest BCUT2D eigenvalue weighted by molar-refractivity contribution is 0.118. The molecule has 0 aliphatic carbocycles. The molecule has 2 unspecified atom stereocenters. The van der Waals surface area contributed by atoms with Crippen LogP contribution in [0.15, 0.2) is 24.3 Å². The molecule has 1 aromatic carbocycles. The zero-order valence-corrected chi connectivity index (χ0v) is 10.7. The van der Waals surface area contributed by atoms with Crippen LogP contribution in [0.2, 0.25) is 0 Å². The highest BCUT2D eigenvalue weighted by Gasteiger charge is 2.30. The fourth-order valence-corrected chi connectivity index (χ4v) is 2.35. The van der Waals surface area contributed by atoms with E-state index in [1.54, 1.807) is 0 Å². The monoisotopic (exact) mass is 234 g/mol. The maximum absolute atomic E-state index is 6.34. The minimum absolute atomic E-state index is 0.0572. The van der Waals surface area contributed by atoms with E-state index in [2.05, 4.69) is 24.9 Å². The Labute approximate surface area is 104 Å². The smallest absolute Gasteiger partial charge is 0.124 e. The van der Waals surface area contributed by atoms with Gasteiger partial charge in [0.25, 0.3) is 0 Å². The van der Waals surface area contributed by atoms with Crippen molar-refractivity contribution in [1.29, 1.82) is 0 Å². The van der Waals surface area contributed by atoms with Gasteiger partial charge in [0.2, 0.25) is 0 Å². The van der Waals surface area contributed by atoms with Crippen molar-refractivity contribution < 1.29 is 4.74 Å². The Hall–Kier alpha value is -1.06. The number of unbranched alkanes of at least 4 members (excludes halogenated alkanes) is 1. The van der Waals surface area contributed by atoms with Gasteiger partial charge in [-0.3, -0.25) is 4.90 Å². The normalized spacial score (nSPS) is 23.3. The lowest BCUT2D eigenvalue weighted by atomic mass is 9.96. The summed E-state index contributed by atoms with van der Waals surface area (Å²) in [5, 5.41) is 0. The molecule has 1 aliphatic heterocycles. The molecule has 0 spiro atoms. The van der Waals surface area contributed by atoms with Gasteiger partial charge in [0.1, 0.15) is 12.4 Å². The first-order valence-electron chi connectivity index (χ1n) is 6.41. The Balaban J connectivity index is 2.08. The summed E-state index contributed by atoms with van der Waals surface area (Å²) in [6.07, 6.45) is 2.42. The standard InChI is InChI=1S/C14H22N2O/c1-3-4-9-16(2)12-10-17-13-8-6-5-7-11(13)14(12)15/h5-8,12,14H,3-4,9-10,15H2,1-2H3. The largest absolute Gasteiger partial charge is 0.492 e. The van der Waals surface area contributed by atoms with Gasteiger partial charge in [0, 0.05) is 5.56 Å². The van der Waals surface area contributed by atoms with Crippen molar-refractivity contribution in [2.75, 3.05) is 20.2 Å².